The number of amides is 2. The quantitative estimate of drug-likeness (QED) is 0.409. The molecule has 0 aliphatic carbocycles. The van der Waals surface area contributed by atoms with Gasteiger partial charge in [0.25, 0.3) is 5.91 Å². The predicted molar refractivity (Wildman–Crippen MR) is 106 cm³/mol. The standard InChI is InChI=1S/C21H21F3N4O2/c1-4-7-28-12(2)8-14(13(28)3)9-15(10-25)21(30)26-11-18(29)27-17-6-5-16(22)19(23)20(17)24/h5-6,8-9H,4,7,11H2,1-3H3,(H,26,30)(H,27,29)/b15-9-. The van der Waals surface area contributed by atoms with Crippen LogP contribution in [0.3, 0.4) is 0 Å². The minimum Gasteiger partial charge on any atom is -0.349 e. The van der Waals surface area contributed by atoms with Crippen LogP contribution in [0.5, 0.6) is 0 Å². The molecule has 1 heterocycles. The van der Waals surface area contributed by atoms with Gasteiger partial charge in [-0.15, -0.1) is 0 Å². The summed E-state index contributed by atoms with van der Waals surface area (Å²) in [5, 5.41) is 13.6. The summed E-state index contributed by atoms with van der Waals surface area (Å²) < 4.78 is 41.8. The fourth-order valence-corrected chi connectivity index (χ4v) is 2.92. The topological polar surface area (TPSA) is 86.9 Å². The molecule has 0 bridgehead atoms. The highest BCUT2D eigenvalue weighted by atomic mass is 19.2. The van der Waals surface area contributed by atoms with Crippen LogP contribution in [-0.2, 0) is 16.1 Å². The predicted octanol–water partition coefficient (Wildman–Crippen LogP) is 3.59. The Balaban J connectivity index is 2.07. The third-order valence-electron chi connectivity index (χ3n) is 4.44. The average Bonchev–Trinajstić information content (AvgIpc) is 2.98. The van der Waals surface area contributed by atoms with Gasteiger partial charge in [-0.3, -0.25) is 9.59 Å². The zero-order valence-corrected chi connectivity index (χ0v) is 16.8. The maximum Gasteiger partial charge on any atom is 0.262 e. The van der Waals surface area contributed by atoms with Crippen LogP contribution in [0, 0.1) is 42.6 Å². The molecule has 0 fully saturated rings. The first kappa shape index (κ1) is 22.7. The lowest BCUT2D eigenvalue weighted by atomic mass is 10.1. The van der Waals surface area contributed by atoms with Crippen molar-refractivity contribution < 1.29 is 22.8 Å². The molecule has 30 heavy (non-hydrogen) atoms. The van der Waals surface area contributed by atoms with Crippen molar-refractivity contribution >= 4 is 23.6 Å². The molecule has 0 unspecified atom stereocenters. The summed E-state index contributed by atoms with van der Waals surface area (Å²) in [6.07, 6.45) is 2.36. The highest BCUT2D eigenvalue weighted by Gasteiger charge is 2.17. The molecule has 0 radical (unpaired) electrons. The fraction of sp³-hybridized carbons (Fsp3) is 0.286. The van der Waals surface area contributed by atoms with E-state index in [4.69, 9.17) is 0 Å². The van der Waals surface area contributed by atoms with Gasteiger partial charge >= 0.3 is 0 Å². The van der Waals surface area contributed by atoms with Gasteiger partial charge in [-0.2, -0.15) is 5.26 Å². The third kappa shape index (κ3) is 5.08. The molecule has 1 aromatic carbocycles. The van der Waals surface area contributed by atoms with Crippen molar-refractivity contribution in [3.63, 3.8) is 0 Å². The zero-order chi connectivity index (χ0) is 22.4. The van der Waals surface area contributed by atoms with Crippen molar-refractivity contribution in [3.8, 4) is 6.07 Å². The highest BCUT2D eigenvalue weighted by molar-refractivity contribution is 6.04. The van der Waals surface area contributed by atoms with Crippen molar-refractivity contribution in [3.05, 3.63) is 58.2 Å². The normalized spacial score (nSPS) is 11.2. The summed E-state index contributed by atoms with van der Waals surface area (Å²) in [7, 11) is 0. The van der Waals surface area contributed by atoms with E-state index in [0.717, 1.165) is 30.4 Å². The molecule has 2 aromatic rings. The SMILES string of the molecule is CCCn1c(C)cc(/C=C(/C#N)C(=O)NCC(=O)Nc2ccc(F)c(F)c2F)c1C. The maximum atomic E-state index is 13.6. The van der Waals surface area contributed by atoms with Crippen molar-refractivity contribution in [2.24, 2.45) is 0 Å². The molecule has 9 heteroatoms. The number of hydrogen-bond donors (Lipinski definition) is 2. The number of aryl methyl sites for hydroxylation is 1. The number of nitrogens with one attached hydrogen (secondary N) is 2. The van der Waals surface area contributed by atoms with Crippen molar-refractivity contribution in [2.75, 3.05) is 11.9 Å². The summed E-state index contributed by atoms with van der Waals surface area (Å²) in [6.45, 7) is 6.06. The number of carbonyl (C=O) groups excluding carboxylic acids is 2. The smallest absolute Gasteiger partial charge is 0.262 e. The molecule has 0 saturated heterocycles. The summed E-state index contributed by atoms with van der Waals surface area (Å²) >= 11 is 0. The summed E-state index contributed by atoms with van der Waals surface area (Å²) in [5.74, 6) is -6.31. The molecule has 0 saturated carbocycles. The van der Waals surface area contributed by atoms with Gasteiger partial charge < -0.3 is 15.2 Å². The minimum absolute atomic E-state index is 0.210. The number of benzene rings is 1. The van der Waals surface area contributed by atoms with Crippen LogP contribution >= 0.6 is 0 Å². The number of rotatable bonds is 7. The van der Waals surface area contributed by atoms with Crippen molar-refractivity contribution in [2.45, 2.75) is 33.7 Å². The van der Waals surface area contributed by atoms with Crippen LogP contribution in [0.1, 0.15) is 30.3 Å². The molecule has 2 amide bonds. The number of nitriles is 1. The van der Waals surface area contributed by atoms with E-state index in [1.165, 1.54) is 6.08 Å². The first-order valence-electron chi connectivity index (χ1n) is 9.19. The largest absolute Gasteiger partial charge is 0.349 e. The van der Waals surface area contributed by atoms with Crippen LogP contribution in [-0.4, -0.2) is 22.9 Å². The minimum atomic E-state index is -1.72. The molecule has 158 valence electrons. The average molecular weight is 418 g/mol. The van der Waals surface area contributed by atoms with Gasteiger partial charge in [-0.25, -0.2) is 13.2 Å². The summed E-state index contributed by atoms with van der Waals surface area (Å²) in [5.41, 5.74) is 1.83. The first-order chi connectivity index (χ1) is 14.2. The van der Waals surface area contributed by atoms with Gasteiger partial charge in [-0.05, 0) is 50.1 Å². The Kier molecular flexibility index (Phi) is 7.42. The van der Waals surface area contributed by atoms with Gasteiger partial charge in [0.05, 0.1) is 12.2 Å². The van der Waals surface area contributed by atoms with Crippen LogP contribution in [0.4, 0.5) is 18.9 Å². The summed E-state index contributed by atoms with van der Waals surface area (Å²) in [6, 6.07) is 5.17. The molecular weight excluding hydrogens is 397 g/mol. The molecule has 0 aliphatic heterocycles. The van der Waals surface area contributed by atoms with E-state index in [9.17, 15) is 28.0 Å². The number of anilines is 1. The van der Waals surface area contributed by atoms with Crippen molar-refractivity contribution in [1.82, 2.24) is 9.88 Å². The monoisotopic (exact) mass is 418 g/mol. The van der Waals surface area contributed by atoms with Gasteiger partial charge in [0.15, 0.2) is 17.5 Å². The Bertz CT molecular complexity index is 1050. The lowest BCUT2D eigenvalue weighted by Gasteiger charge is -2.08. The van der Waals surface area contributed by atoms with Crippen LogP contribution in [0.25, 0.3) is 6.08 Å². The highest BCUT2D eigenvalue weighted by Crippen LogP contribution is 2.20. The lowest BCUT2D eigenvalue weighted by molar-refractivity contribution is -0.121. The van der Waals surface area contributed by atoms with E-state index in [2.05, 4.69) is 9.88 Å². The molecule has 0 aliphatic rings. The Morgan fingerprint density at radius 3 is 2.53 bits per heavy atom. The van der Waals surface area contributed by atoms with Gasteiger partial charge in [0.2, 0.25) is 5.91 Å². The van der Waals surface area contributed by atoms with Gasteiger partial charge in [0, 0.05) is 17.9 Å². The number of nitrogens with zero attached hydrogens (tertiary/aromatic N) is 2. The van der Waals surface area contributed by atoms with E-state index in [-0.39, 0.29) is 5.57 Å². The Morgan fingerprint density at radius 2 is 1.90 bits per heavy atom. The van der Waals surface area contributed by atoms with Crippen LogP contribution < -0.4 is 10.6 Å². The molecule has 2 N–H and O–H groups in total. The Labute approximate surface area is 172 Å². The van der Waals surface area contributed by atoms with E-state index in [1.807, 2.05) is 32.2 Å². The lowest BCUT2D eigenvalue weighted by Crippen LogP contribution is -2.33. The second kappa shape index (κ2) is 9.78. The molecule has 0 spiro atoms. The van der Waals surface area contributed by atoms with Crippen LogP contribution in [0.2, 0.25) is 0 Å². The summed E-state index contributed by atoms with van der Waals surface area (Å²) in [4.78, 5) is 24.2. The van der Waals surface area contributed by atoms with Crippen LogP contribution in [0.15, 0.2) is 23.8 Å². The molecule has 2 rings (SSSR count). The number of carbonyl (C=O) groups is 2. The second-order valence-corrected chi connectivity index (χ2v) is 6.60. The van der Waals surface area contributed by atoms with Gasteiger partial charge in [-0.1, -0.05) is 6.92 Å². The second-order valence-electron chi connectivity index (χ2n) is 6.60. The fourth-order valence-electron chi connectivity index (χ4n) is 2.92. The molecule has 6 nitrogen and oxygen atoms in total. The molecule has 1 aromatic heterocycles. The number of hydrogen-bond acceptors (Lipinski definition) is 3. The van der Waals surface area contributed by atoms with E-state index in [1.54, 1.807) is 6.07 Å². The zero-order valence-electron chi connectivity index (χ0n) is 16.8. The number of aromatic nitrogens is 1. The van der Waals surface area contributed by atoms with Gasteiger partial charge in [0.1, 0.15) is 11.6 Å². The molecule has 0 atom stereocenters. The first-order valence-corrected chi connectivity index (χ1v) is 9.19. The number of halogens is 3. The maximum absolute atomic E-state index is 13.6. The molecular formula is C21H21F3N4O2. The van der Waals surface area contributed by atoms with E-state index >= 15 is 0 Å². The van der Waals surface area contributed by atoms with Crippen molar-refractivity contribution in [1.29, 1.82) is 5.26 Å². The third-order valence-corrected chi connectivity index (χ3v) is 4.44. The Hall–Kier alpha value is -3.54. The van der Waals surface area contributed by atoms with E-state index < -0.39 is 41.5 Å². The van der Waals surface area contributed by atoms with E-state index in [0.29, 0.717) is 11.6 Å². The Morgan fingerprint density at radius 1 is 1.20 bits per heavy atom.